The Morgan fingerprint density at radius 2 is 2.28 bits per heavy atom. The maximum Gasteiger partial charge on any atom is 0.210 e. The predicted molar refractivity (Wildman–Crippen MR) is 75.2 cm³/mol. The summed E-state index contributed by atoms with van der Waals surface area (Å²) in [5.41, 5.74) is 5.56. The van der Waals surface area contributed by atoms with Crippen molar-refractivity contribution in [2.24, 2.45) is 5.14 Å². The van der Waals surface area contributed by atoms with Gasteiger partial charge >= 0.3 is 0 Å². The maximum atomic E-state index is 11.1. The van der Waals surface area contributed by atoms with Crippen molar-refractivity contribution in [3.05, 3.63) is 11.1 Å². The number of nitrogens with two attached hydrogens (primary N) is 2. The molecule has 0 saturated carbocycles. The van der Waals surface area contributed by atoms with Crippen molar-refractivity contribution in [2.75, 3.05) is 18.0 Å². The molecular formula is C9H17ClN4O2S2. The molecule has 0 aliphatic carbocycles. The van der Waals surface area contributed by atoms with Gasteiger partial charge in [0, 0.05) is 23.7 Å². The standard InChI is InChI=1S/C9H16N4O2S2.ClH/c10-9-12-4-8(16-9)5-13-3-1-2-7(13)6-17(11,14)15;/h4,7H,1-3,5-6H2,(H2,10,12)(H2,11,14,15);1H. The summed E-state index contributed by atoms with van der Waals surface area (Å²) in [6.07, 6.45) is 3.63. The summed E-state index contributed by atoms with van der Waals surface area (Å²) in [5.74, 6) is 0.0291. The molecule has 1 aliphatic rings. The van der Waals surface area contributed by atoms with Crippen molar-refractivity contribution in [1.82, 2.24) is 9.88 Å². The Kier molecular flexibility index (Phi) is 5.35. The van der Waals surface area contributed by atoms with E-state index in [4.69, 9.17) is 10.9 Å². The van der Waals surface area contributed by atoms with Gasteiger partial charge in [0.05, 0.1) is 5.75 Å². The van der Waals surface area contributed by atoms with Gasteiger partial charge in [0.1, 0.15) is 0 Å². The third-order valence-electron chi connectivity index (χ3n) is 2.85. The largest absolute Gasteiger partial charge is 0.375 e. The zero-order valence-corrected chi connectivity index (χ0v) is 12.2. The van der Waals surface area contributed by atoms with E-state index in [1.54, 1.807) is 6.20 Å². The van der Waals surface area contributed by atoms with Crippen LogP contribution in [0, 0.1) is 0 Å². The molecule has 1 saturated heterocycles. The summed E-state index contributed by atoms with van der Waals surface area (Å²) in [4.78, 5) is 7.18. The van der Waals surface area contributed by atoms with Crippen LogP contribution in [0.15, 0.2) is 6.20 Å². The summed E-state index contributed by atoms with van der Waals surface area (Å²) in [7, 11) is -3.41. The number of aromatic nitrogens is 1. The van der Waals surface area contributed by atoms with Crippen molar-refractivity contribution < 1.29 is 8.42 Å². The smallest absolute Gasteiger partial charge is 0.210 e. The number of sulfonamides is 1. The number of hydrogen-bond donors (Lipinski definition) is 2. The molecule has 1 aliphatic heterocycles. The van der Waals surface area contributed by atoms with Crippen LogP contribution in [0.2, 0.25) is 0 Å². The van der Waals surface area contributed by atoms with Crippen LogP contribution < -0.4 is 10.9 Å². The molecule has 104 valence electrons. The highest BCUT2D eigenvalue weighted by atomic mass is 35.5. The second kappa shape index (κ2) is 6.16. The van der Waals surface area contributed by atoms with E-state index >= 15 is 0 Å². The molecule has 1 unspecified atom stereocenters. The Bertz CT molecular complexity index is 491. The molecular weight excluding hydrogens is 296 g/mol. The van der Waals surface area contributed by atoms with E-state index in [-0.39, 0.29) is 24.2 Å². The molecule has 1 atom stereocenters. The van der Waals surface area contributed by atoms with Gasteiger partial charge in [-0.05, 0) is 19.4 Å². The molecule has 0 radical (unpaired) electrons. The number of nitrogen functional groups attached to an aromatic ring is 1. The maximum absolute atomic E-state index is 11.1. The first-order chi connectivity index (χ1) is 7.94. The number of rotatable bonds is 4. The molecule has 0 aromatic carbocycles. The molecule has 0 spiro atoms. The molecule has 0 bridgehead atoms. The van der Waals surface area contributed by atoms with Crippen LogP contribution in [0.25, 0.3) is 0 Å². The Morgan fingerprint density at radius 1 is 1.56 bits per heavy atom. The normalized spacial score (nSPS) is 20.8. The fraction of sp³-hybridized carbons (Fsp3) is 0.667. The number of hydrogen-bond acceptors (Lipinski definition) is 6. The monoisotopic (exact) mass is 312 g/mol. The summed E-state index contributed by atoms with van der Waals surface area (Å²) in [6, 6.07) is 0.0216. The Morgan fingerprint density at radius 3 is 2.83 bits per heavy atom. The lowest BCUT2D eigenvalue weighted by atomic mass is 10.2. The van der Waals surface area contributed by atoms with Gasteiger partial charge in [-0.3, -0.25) is 4.90 Å². The van der Waals surface area contributed by atoms with Crippen LogP contribution >= 0.6 is 23.7 Å². The van der Waals surface area contributed by atoms with E-state index in [0.717, 1.165) is 24.3 Å². The van der Waals surface area contributed by atoms with E-state index < -0.39 is 10.0 Å². The first-order valence-electron chi connectivity index (χ1n) is 5.39. The van der Waals surface area contributed by atoms with Crippen LogP contribution in [0.1, 0.15) is 17.7 Å². The van der Waals surface area contributed by atoms with Crippen LogP contribution in [-0.2, 0) is 16.6 Å². The Balaban J connectivity index is 0.00000162. The zero-order chi connectivity index (χ0) is 12.5. The summed E-state index contributed by atoms with van der Waals surface area (Å²) in [5, 5.41) is 5.63. The highest BCUT2D eigenvalue weighted by Crippen LogP contribution is 2.23. The molecule has 2 heterocycles. The number of anilines is 1. The molecule has 1 fully saturated rings. The molecule has 1 aromatic rings. The average molecular weight is 313 g/mol. The third-order valence-corrected chi connectivity index (χ3v) is 4.51. The number of thiazole rings is 1. The van der Waals surface area contributed by atoms with Crippen LogP contribution in [0.4, 0.5) is 5.13 Å². The van der Waals surface area contributed by atoms with E-state index in [9.17, 15) is 8.42 Å². The lowest BCUT2D eigenvalue weighted by Crippen LogP contribution is -2.36. The van der Waals surface area contributed by atoms with Gasteiger partial charge in [-0.1, -0.05) is 0 Å². The third kappa shape index (κ3) is 4.36. The van der Waals surface area contributed by atoms with Gasteiger partial charge in [-0.15, -0.1) is 23.7 Å². The average Bonchev–Trinajstić information content (AvgIpc) is 2.75. The highest BCUT2D eigenvalue weighted by Gasteiger charge is 2.28. The first kappa shape index (κ1) is 15.6. The van der Waals surface area contributed by atoms with Crippen molar-refractivity contribution in [3.8, 4) is 0 Å². The molecule has 9 heteroatoms. The van der Waals surface area contributed by atoms with Crippen molar-refractivity contribution >= 4 is 38.9 Å². The zero-order valence-electron chi connectivity index (χ0n) is 9.78. The minimum atomic E-state index is -3.41. The predicted octanol–water partition coefficient (Wildman–Crippen LogP) is 0.400. The number of likely N-dealkylation sites (tertiary alicyclic amines) is 1. The molecule has 4 N–H and O–H groups in total. The number of primary sulfonamides is 1. The van der Waals surface area contributed by atoms with Crippen molar-refractivity contribution in [3.63, 3.8) is 0 Å². The van der Waals surface area contributed by atoms with E-state index in [0.29, 0.717) is 11.7 Å². The Hall–Kier alpha value is -0.410. The fourth-order valence-electron chi connectivity index (χ4n) is 2.16. The van der Waals surface area contributed by atoms with E-state index in [2.05, 4.69) is 9.88 Å². The summed E-state index contributed by atoms with van der Waals surface area (Å²) >= 11 is 1.44. The van der Waals surface area contributed by atoms with Gasteiger partial charge < -0.3 is 5.73 Å². The molecule has 0 amide bonds. The van der Waals surface area contributed by atoms with Crippen LogP contribution in [-0.4, -0.2) is 36.6 Å². The fourth-order valence-corrected chi connectivity index (χ4v) is 3.78. The van der Waals surface area contributed by atoms with E-state index in [1.165, 1.54) is 11.3 Å². The second-order valence-electron chi connectivity index (χ2n) is 4.26. The van der Waals surface area contributed by atoms with Crippen molar-refractivity contribution in [1.29, 1.82) is 0 Å². The van der Waals surface area contributed by atoms with Gasteiger partial charge in [0.25, 0.3) is 0 Å². The minimum Gasteiger partial charge on any atom is -0.375 e. The van der Waals surface area contributed by atoms with Gasteiger partial charge in [0.2, 0.25) is 10.0 Å². The van der Waals surface area contributed by atoms with Crippen molar-refractivity contribution in [2.45, 2.75) is 25.4 Å². The lowest BCUT2D eigenvalue weighted by molar-refractivity contribution is 0.264. The summed E-state index contributed by atoms with van der Waals surface area (Å²) in [6.45, 7) is 1.60. The van der Waals surface area contributed by atoms with Crippen LogP contribution in [0.5, 0.6) is 0 Å². The van der Waals surface area contributed by atoms with Crippen LogP contribution in [0.3, 0.4) is 0 Å². The second-order valence-corrected chi connectivity index (χ2v) is 7.07. The number of halogens is 1. The highest BCUT2D eigenvalue weighted by molar-refractivity contribution is 7.89. The lowest BCUT2D eigenvalue weighted by Gasteiger charge is -2.22. The molecule has 18 heavy (non-hydrogen) atoms. The van der Waals surface area contributed by atoms with Gasteiger partial charge in [0.15, 0.2) is 5.13 Å². The van der Waals surface area contributed by atoms with E-state index in [1.807, 2.05) is 0 Å². The topological polar surface area (TPSA) is 102 Å². The van der Waals surface area contributed by atoms with Gasteiger partial charge in [-0.2, -0.15) is 0 Å². The first-order valence-corrected chi connectivity index (χ1v) is 7.92. The number of nitrogens with zero attached hydrogens (tertiary/aromatic N) is 2. The molecule has 2 rings (SSSR count). The quantitative estimate of drug-likeness (QED) is 0.838. The summed E-state index contributed by atoms with van der Waals surface area (Å²) < 4.78 is 22.2. The SMILES string of the molecule is Cl.Nc1ncc(CN2CCCC2CS(N)(=O)=O)s1. The van der Waals surface area contributed by atoms with Gasteiger partial charge in [-0.25, -0.2) is 18.5 Å². The Labute approximate surface area is 117 Å². The minimum absolute atomic E-state index is 0. The molecule has 6 nitrogen and oxygen atoms in total. The molecule has 1 aromatic heterocycles.